The lowest BCUT2D eigenvalue weighted by atomic mass is 10.1. The minimum atomic E-state index is -0.102. The Balaban J connectivity index is 0.000000154. The summed E-state index contributed by atoms with van der Waals surface area (Å²) < 4.78 is 4.35. The molecule has 6 aromatic heterocycles. The van der Waals surface area contributed by atoms with Crippen LogP contribution in [0.3, 0.4) is 0 Å². The molecule has 8 nitrogen and oxygen atoms in total. The van der Waals surface area contributed by atoms with E-state index in [1.807, 2.05) is 30.5 Å². The van der Waals surface area contributed by atoms with Crippen LogP contribution in [-0.4, -0.2) is 29.1 Å². The van der Waals surface area contributed by atoms with Gasteiger partial charge in [0.15, 0.2) is 0 Å². The van der Waals surface area contributed by atoms with Gasteiger partial charge in [0.2, 0.25) is 0 Å². The summed E-state index contributed by atoms with van der Waals surface area (Å²) >= 11 is 14.7. The summed E-state index contributed by atoms with van der Waals surface area (Å²) in [5.41, 5.74) is 5.15. The van der Waals surface area contributed by atoms with Crippen LogP contribution in [0.4, 0.5) is 0 Å². The fourth-order valence-electron chi connectivity index (χ4n) is 5.93. The van der Waals surface area contributed by atoms with Gasteiger partial charge in [-0.15, -0.1) is 29.3 Å². The molecule has 0 N–H and O–H groups in total. The third kappa shape index (κ3) is 6.24. The minimum Gasteiger partial charge on any atom is -0.267 e. The number of nitrogens with zero attached hydrogens (tertiary/aromatic N) is 6. The summed E-state index contributed by atoms with van der Waals surface area (Å²) in [5, 5.41) is 3.26. The molecule has 1 saturated carbocycles. The van der Waals surface area contributed by atoms with E-state index in [9.17, 15) is 9.59 Å². The Morgan fingerprint density at radius 1 is 0.700 bits per heavy atom. The van der Waals surface area contributed by atoms with Crippen LogP contribution in [0.2, 0.25) is 10.0 Å². The van der Waals surface area contributed by atoms with E-state index in [1.165, 1.54) is 45.6 Å². The van der Waals surface area contributed by atoms with Gasteiger partial charge >= 0.3 is 0 Å². The number of halogens is 2. The van der Waals surface area contributed by atoms with Gasteiger partial charge in [-0.05, 0) is 103 Å². The predicted molar refractivity (Wildman–Crippen MR) is 208 cm³/mol. The van der Waals surface area contributed by atoms with Gasteiger partial charge < -0.3 is 0 Å². The van der Waals surface area contributed by atoms with Crippen molar-refractivity contribution in [1.82, 2.24) is 29.1 Å². The predicted octanol–water partition coefficient (Wildman–Crippen LogP) is 9.61. The number of aromatic nitrogens is 6. The quantitative estimate of drug-likeness (QED) is 0.158. The van der Waals surface area contributed by atoms with Gasteiger partial charge in [0, 0.05) is 33.2 Å². The highest BCUT2D eigenvalue weighted by atomic mass is 35.5. The normalized spacial score (nSPS) is 12.6. The van der Waals surface area contributed by atoms with Gasteiger partial charge in [0.05, 0.1) is 22.4 Å². The lowest BCUT2D eigenvalue weighted by Crippen LogP contribution is -2.17. The highest BCUT2D eigenvalue weighted by Gasteiger charge is 2.24. The van der Waals surface area contributed by atoms with Crippen molar-refractivity contribution in [3.05, 3.63) is 140 Å². The topological polar surface area (TPSA) is 95.6 Å². The van der Waals surface area contributed by atoms with E-state index in [0.717, 1.165) is 55.2 Å². The first-order valence-corrected chi connectivity index (χ1v) is 18.0. The minimum absolute atomic E-state index is 0. The number of fused-ring (bicyclic) bond motifs is 6. The molecule has 6 heterocycles. The number of rotatable bonds is 6. The number of pyridine rings is 2. The van der Waals surface area contributed by atoms with E-state index < -0.39 is 0 Å². The molecule has 2 aromatic carbocycles. The van der Waals surface area contributed by atoms with Crippen molar-refractivity contribution in [3.8, 4) is 11.4 Å². The maximum atomic E-state index is 13.0. The van der Waals surface area contributed by atoms with Crippen LogP contribution in [0.25, 0.3) is 52.2 Å². The first-order chi connectivity index (χ1) is 23.9. The number of hydrogen-bond acceptors (Lipinski definition) is 8. The Hall–Kier alpha value is -4.74. The molecule has 0 aliphatic heterocycles. The smallest absolute Gasteiger partial charge is 0.267 e. The van der Waals surface area contributed by atoms with Crippen molar-refractivity contribution in [2.45, 2.75) is 33.1 Å². The molecule has 0 atom stereocenters. The van der Waals surface area contributed by atoms with Crippen LogP contribution in [0.5, 0.6) is 0 Å². The fraction of sp³-hybridized carbons (Fsp3) is 0.158. The SMILES string of the molecule is C.C=CCc1ccnc2sc3c(=O)n(-c4ccc(Cl)cc4)cnc3c12.O=c1c2sc3nccc(CC4CC4)c3c2ncn1-c1ccc(Cl)cc1. The third-order valence-electron chi connectivity index (χ3n) is 8.52. The molecular weight excluding hydrogens is 707 g/mol. The molecule has 1 fully saturated rings. The molecule has 9 rings (SSSR count). The average molecular weight is 738 g/mol. The number of hydrogen-bond donors (Lipinski definition) is 0. The summed E-state index contributed by atoms with van der Waals surface area (Å²) in [5.74, 6) is 0.773. The Kier molecular flexibility index (Phi) is 9.36. The van der Waals surface area contributed by atoms with Crippen molar-refractivity contribution >= 4 is 86.7 Å². The van der Waals surface area contributed by atoms with Gasteiger partial charge in [-0.1, -0.05) is 36.7 Å². The van der Waals surface area contributed by atoms with Crippen LogP contribution in [0, 0.1) is 5.92 Å². The maximum absolute atomic E-state index is 13.0. The second-order valence-corrected chi connectivity index (χ2v) is 14.7. The average Bonchev–Trinajstić information content (AvgIpc) is 3.70. The molecule has 0 bridgehead atoms. The van der Waals surface area contributed by atoms with Crippen LogP contribution < -0.4 is 11.1 Å². The summed E-state index contributed by atoms with van der Waals surface area (Å²) in [4.78, 5) is 45.6. The van der Waals surface area contributed by atoms with E-state index >= 15 is 0 Å². The number of thiophene rings is 2. The van der Waals surface area contributed by atoms with Crippen molar-refractivity contribution in [3.63, 3.8) is 0 Å². The Morgan fingerprint density at radius 3 is 1.62 bits per heavy atom. The van der Waals surface area contributed by atoms with Gasteiger partial charge in [-0.25, -0.2) is 19.9 Å². The molecule has 0 amide bonds. The van der Waals surface area contributed by atoms with Crippen LogP contribution in [0.1, 0.15) is 31.4 Å². The zero-order valence-electron chi connectivity index (χ0n) is 25.8. The second-order valence-electron chi connectivity index (χ2n) is 11.8. The number of allylic oxidation sites excluding steroid dienone is 1. The zero-order chi connectivity index (χ0) is 33.6. The van der Waals surface area contributed by atoms with Crippen molar-refractivity contribution in [2.24, 2.45) is 5.92 Å². The summed E-state index contributed by atoms with van der Waals surface area (Å²) in [7, 11) is 0. The largest absolute Gasteiger partial charge is 0.275 e. The van der Waals surface area contributed by atoms with Gasteiger partial charge in [0.25, 0.3) is 11.1 Å². The lowest BCUT2D eigenvalue weighted by Gasteiger charge is -2.05. The molecule has 1 aliphatic rings. The van der Waals surface area contributed by atoms with E-state index in [4.69, 9.17) is 23.2 Å². The Morgan fingerprint density at radius 2 is 1.16 bits per heavy atom. The van der Waals surface area contributed by atoms with Crippen molar-refractivity contribution < 1.29 is 0 Å². The molecular formula is C38H30Cl2N6O2S2. The first kappa shape index (κ1) is 33.7. The standard InChI is InChI=1S/C19H14ClN3OS.C18H12ClN3OS.CH4/c20-13-3-5-14(6-4-13)23-10-22-16-15-12(9-11-1-2-11)7-8-21-18(15)25-17(16)19(23)24;1-2-3-11-8-9-20-17-14(11)15-16(24-17)18(23)22(10-21-15)13-6-4-12(19)5-7-13;/h3-8,10-11H,1-2,9H2;2,4-10H,1,3H2;1H4. The van der Waals surface area contributed by atoms with Gasteiger partial charge in [-0.2, -0.15) is 0 Å². The van der Waals surface area contributed by atoms with Crippen LogP contribution >= 0.6 is 45.9 Å². The molecule has 0 spiro atoms. The summed E-state index contributed by atoms with van der Waals surface area (Å²) in [6, 6.07) is 18.3. The van der Waals surface area contributed by atoms with E-state index in [0.29, 0.717) is 31.4 Å². The highest BCUT2D eigenvalue weighted by Crippen LogP contribution is 2.38. The molecule has 8 aromatic rings. The highest BCUT2D eigenvalue weighted by molar-refractivity contribution is 7.25. The zero-order valence-corrected chi connectivity index (χ0v) is 29.0. The monoisotopic (exact) mass is 736 g/mol. The summed E-state index contributed by atoms with van der Waals surface area (Å²) in [6.45, 7) is 3.79. The number of benzene rings is 2. The molecule has 1 aliphatic carbocycles. The summed E-state index contributed by atoms with van der Waals surface area (Å²) in [6.07, 6.45) is 13.0. The van der Waals surface area contributed by atoms with E-state index in [1.54, 1.807) is 59.8 Å². The van der Waals surface area contributed by atoms with Crippen molar-refractivity contribution in [1.29, 1.82) is 0 Å². The molecule has 0 radical (unpaired) electrons. The third-order valence-corrected chi connectivity index (χ3v) is 11.2. The molecule has 12 heteroatoms. The lowest BCUT2D eigenvalue weighted by molar-refractivity contribution is 0.838. The van der Waals surface area contributed by atoms with E-state index in [-0.39, 0.29) is 18.5 Å². The Labute approximate surface area is 305 Å². The maximum Gasteiger partial charge on any atom is 0.275 e. The molecule has 0 unspecified atom stereocenters. The second kappa shape index (κ2) is 13.9. The molecule has 0 saturated heterocycles. The van der Waals surface area contributed by atoms with E-state index in [2.05, 4.69) is 32.6 Å². The molecule has 250 valence electrons. The van der Waals surface area contributed by atoms with Crippen LogP contribution in [-0.2, 0) is 12.8 Å². The van der Waals surface area contributed by atoms with Gasteiger partial charge in [0.1, 0.15) is 31.7 Å². The van der Waals surface area contributed by atoms with Crippen LogP contribution in [0.15, 0.2) is 108 Å². The first-order valence-electron chi connectivity index (χ1n) is 15.6. The molecule has 50 heavy (non-hydrogen) atoms. The fourth-order valence-corrected chi connectivity index (χ4v) is 8.33. The van der Waals surface area contributed by atoms with Gasteiger partial charge in [-0.3, -0.25) is 18.7 Å². The Bertz CT molecular complexity index is 2660. The van der Waals surface area contributed by atoms with Crippen molar-refractivity contribution in [2.75, 3.05) is 0 Å².